The lowest BCUT2D eigenvalue weighted by atomic mass is 10.1. The molecule has 2 aromatic heterocycles. The van der Waals surface area contributed by atoms with Gasteiger partial charge in [-0.05, 0) is 54.1 Å². The first-order valence-electron chi connectivity index (χ1n) is 6.93. The van der Waals surface area contributed by atoms with E-state index >= 15 is 0 Å². The third kappa shape index (κ3) is 3.47. The van der Waals surface area contributed by atoms with Gasteiger partial charge in [0.15, 0.2) is 0 Å². The minimum Gasteiger partial charge on any atom is -0.469 e. The molecule has 0 spiro atoms. The normalized spacial score (nSPS) is 12.2. The van der Waals surface area contributed by atoms with Crippen LogP contribution in [0.2, 0.25) is 0 Å². The van der Waals surface area contributed by atoms with E-state index in [1.165, 1.54) is 0 Å². The molecule has 0 amide bonds. The van der Waals surface area contributed by atoms with Gasteiger partial charge >= 0.3 is 0 Å². The van der Waals surface area contributed by atoms with E-state index in [0.717, 1.165) is 30.0 Å². The number of hydrogen-bond donors (Lipinski definition) is 1. The molecule has 0 bridgehead atoms. The number of aromatic nitrogens is 4. The first kappa shape index (κ1) is 13.4. The van der Waals surface area contributed by atoms with E-state index in [1.54, 1.807) is 17.3 Å². The second-order valence-electron chi connectivity index (χ2n) is 4.97. The molecule has 2 heterocycles. The minimum absolute atomic E-state index is 0.347. The van der Waals surface area contributed by atoms with Gasteiger partial charge in [-0.2, -0.15) is 0 Å². The number of aryl methyl sites for hydroxylation is 1. The Hall–Kier alpha value is -2.63. The van der Waals surface area contributed by atoms with Crippen molar-refractivity contribution in [3.05, 3.63) is 54.7 Å². The number of nitrogens with one attached hydrogen (secondary N) is 1. The molecule has 0 fully saturated rings. The van der Waals surface area contributed by atoms with Crippen LogP contribution in [-0.4, -0.2) is 26.2 Å². The second-order valence-corrected chi connectivity index (χ2v) is 4.97. The van der Waals surface area contributed by atoms with Gasteiger partial charge in [0.1, 0.15) is 12.1 Å². The lowest BCUT2D eigenvalue weighted by molar-refractivity contribution is 0.495. The van der Waals surface area contributed by atoms with Crippen molar-refractivity contribution in [2.45, 2.75) is 25.8 Å². The molecular weight excluding hydrogens is 266 g/mol. The first-order valence-corrected chi connectivity index (χ1v) is 6.93. The van der Waals surface area contributed by atoms with Gasteiger partial charge in [0, 0.05) is 18.2 Å². The maximum atomic E-state index is 5.35. The van der Waals surface area contributed by atoms with Crippen LogP contribution < -0.4 is 5.32 Å². The first-order chi connectivity index (χ1) is 10.3. The van der Waals surface area contributed by atoms with Crippen LogP contribution in [0.1, 0.15) is 19.1 Å². The van der Waals surface area contributed by atoms with Crippen molar-refractivity contribution in [3.8, 4) is 5.69 Å². The topological polar surface area (TPSA) is 68.8 Å². The molecule has 108 valence electrons. The van der Waals surface area contributed by atoms with E-state index in [-0.39, 0.29) is 0 Å². The van der Waals surface area contributed by atoms with Crippen molar-refractivity contribution in [1.29, 1.82) is 0 Å². The average molecular weight is 283 g/mol. The van der Waals surface area contributed by atoms with Crippen LogP contribution >= 0.6 is 0 Å². The number of anilines is 1. The van der Waals surface area contributed by atoms with E-state index in [9.17, 15) is 0 Å². The lowest BCUT2D eigenvalue weighted by Crippen LogP contribution is -2.16. The Kier molecular flexibility index (Phi) is 3.95. The summed E-state index contributed by atoms with van der Waals surface area (Å²) in [4.78, 5) is 0. The molecule has 0 saturated heterocycles. The van der Waals surface area contributed by atoms with Crippen LogP contribution in [-0.2, 0) is 6.42 Å². The third-order valence-electron chi connectivity index (χ3n) is 3.28. The number of furan rings is 1. The average Bonchev–Trinajstić information content (AvgIpc) is 3.19. The summed E-state index contributed by atoms with van der Waals surface area (Å²) >= 11 is 0. The predicted octanol–water partition coefficient (Wildman–Crippen LogP) is 2.69. The molecule has 6 nitrogen and oxygen atoms in total. The molecule has 3 rings (SSSR count). The Bertz CT molecular complexity index is 663. The van der Waals surface area contributed by atoms with Gasteiger partial charge in [0.2, 0.25) is 0 Å². The molecular formula is C15H17N5O. The van der Waals surface area contributed by atoms with Crippen LogP contribution in [0, 0.1) is 0 Å². The highest BCUT2D eigenvalue weighted by molar-refractivity contribution is 5.51. The molecule has 6 heteroatoms. The fraction of sp³-hybridized carbons (Fsp3) is 0.267. The number of tetrazole rings is 1. The van der Waals surface area contributed by atoms with E-state index in [1.807, 2.05) is 36.4 Å². The Morgan fingerprint density at radius 2 is 2.24 bits per heavy atom. The van der Waals surface area contributed by atoms with E-state index < -0.39 is 0 Å². The molecule has 0 saturated carbocycles. The summed E-state index contributed by atoms with van der Waals surface area (Å²) in [7, 11) is 0. The molecule has 3 aromatic rings. The summed E-state index contributed by atoms with van der Waals surface area (Å²) < 4.78 is 6.99. The highest BCUT2D eigenvalue weighted by atomic mass is 16.3. The van der Waals surface area contributed by atoms with E-state index in [4.69, 9.17) is 4.42 Å². The van der Waals surface area contributed by atoms with Crippen molar-refractivity contribution in [1.82, 2.24) is 20.2 Å². The molecule has 0 aliphatic heterocycles. The summed E-state index contributed by atoms with van der Waals surface area (Å²) in [5, 5.41) is 14.7. The quantitative estimate of drug-likeness (QED) is 0.753. The fourth-order valence-corrected chi connectivity index (χ4v) is 2.19. The van der Waals surface area contributed by atoms with Crippen molar-refractivity contribution in [2.24, 2.45) is 0 Å². The molecule has 1 N–H and O–H groups in total. The number of nitrogens with zero attached hydrogens (tertiary/aromatic N) is 4. The van der Waals surface area contributed by atoms with Gasteiger partial charge in [-0.3, -0.25) is 0 Å². The van der Waals surface area contributed by atoms with Crippen molar-refractivity contribution in [3.63, 3.8) is 0 Å². The maximum Gasteiger partial charge on any atom is 0.143 e. The van der Waals surface area contributed by atoms with Gasteiger partial charge in [0.25, 0.3) is 0 Å². The lowest BCUT2D eigenvalue weighted by Gasteiger charge is -2.15. The molecule has 0 aliphatic rings. The number of hydrogen-bond acceptors (Lipinski definition) is 5. The summed E-state index contributed by atoms with van der Waals surface area (Å²) in [5.74, 6) is 1.02. The van der Waals surface area contributed by atoms with Crippen LogP contribution in [0.15, 0.2) is 53.4 Å². The smallest absolute Gasteiger partial charge is 0.143 e. The van der Waals surface area contributed by atoms with Crippen molar-refractivity contribution in [2.75, 3.05) is 5.32 Å². The van der Waals surface area contributed by atoms with Gasteiger partial charge < -0.3 is 9.73 Å². The summed E-state index contributed by atoms with van der Waals surface area (Å²) in [6.07, 6.45) is 5.22. The maximum absolute atomic E-state index is 5.35. The van der Waals surface area contributed by atoms with Crippen molar-refractivity contribution >= 4 is 5.69 Å². The highest BCUT2D eigenvalue weighted by Crippen LogP contribution is 2.16. The highest BCUT2D eigenvalue weighted by Gasteiger charge is 2.05. The Morgan fingerprint density at radius 1 is 1.29 bits per heavy atom. The van der Waals surface area contributed by atoms with Gasteiger partial charge in [-0.15, -0.1) is 5.10 Å². The SMILES string of the molecule is CC(CCc1ccco1)Nc1cccc(-n2cnnn2)c1. The summed E-state index contributed by atoms with van der Waals surface area (Å²) in [5.41, 5.74) is 1.98. The molecule has 1 aromatic carbocycles. The van der Waals surface area contributed by atoms with Gasteiger partial charge in [-0.25, -0.2) is 4.68 Å². The largest absolute Gasteiger partial charge is 0.469 e. The number of rotatable bonds is 6. The summed E-state index contributed by atoms with van der Waals surface area (Å²) in [6.45, 7) is 2.16. The summed E-state index contributed by atoms with van der Waals surface area (Å²) in [6, 6.07) is 12.3. The zero-order chi connectivity index (χ0) is 14.5. The van der Waals surface area contributed by atoms with E-state index in [2.05, 4.69) is 27.8 Å². The molecule has 0 radical (unpaired) electrons. The Morgan fingerprint density at radius 3 is 3.00 bits per heavy atom. The monoisotopic (exact) mass is 283 g/mol. The molecule has 0 aliphatic carbocycles. The molecule has 1 unspecified atom stereocenters. The number of benzene rings is 1. The zero-order valence-corrected chi connectivity index (χ0v) is 11.8. The fourth-order valence-electron chi connectivity index (χ4n) is 2.19. The Balaban J connectivity index is 1.60. The standard InChI is InChI=1S/C15H17N5O/c1-12(7-8-15-6-3-9-21-15)17-13-4-2-5-14(10-13)20-11-16-18-19-20/h2-6,9-12,17H,7-8H2,1H3. The predicted molar refractivity (Wildman–Crippen MR) is 79.3 cm³/mol. The Labute approximate surface area is 122 Å². The van der Waals surface area contributed by atoms with Crippen molar-refractivity contribution < 1.29 is 4.42 Å². The molecule has 21 heavy (non-hydrogen) atoms. The minimum atomic E-state index is 0.347. The zero-order valence-electron chi connectivity index (χ0n) is 11.8. The van der Waals surface area contributed by atoms with Gasteiger partial charge in [-0.1, -0.05) is 6.07 Å². The van der Waals surface area contributed by atoms with Gasteiger partial charge in [0.05, 0.1) is 12.0 Å². The van der Waals surface area contributed by atoms with E-state index in [0.29, 0.717) is 6.04 Å². The van der Waals surface area contributed by atoms with Crippen LogP contribution in [0.3, 0.4) is 0 Å². The second kappa shape index (κ2) is 6.21. The van der Waals surface area contributed by atoms with Crippen LogP contribution in [0.4, 0.5) is 5.69 Å². The third-order valence-corrected chi connectivity index (χ3v) is 3.28. The van der Waals surface area contributed by atoms with Crippen LogP contribution in [0.25, 0.3) is 5.69 Å². The molecule has 1 atom stereocenters. The van der Waals surface area contributed by atoms with Crippen LogP contribution in [0.5, 0.6) is 0 Å².